The van der Waals surface area contributed by atoms with Crippen LogP contribution in [0.25, 0.3) is 0 Å². The van der Waals surface area contributed by atoms with Gasteiger partial charge in [0.25, 0.3) is 0 Å². The first-order valence-electron chi connectivity index (χ1n) is 4.85. The van der Waals surface area contributed by atoms with Crippen LogP contribution in [0.15, 0.2) is 0 Å². The Kier molecular flexibility index (Phi) is 8.75. The van der Waals surface area contributed by atoms with E-state index in [0.29, 0.717) is 0 Å². The van der Waals surface area contributed by atoms with Gasteiger partial charge in [-0.05, 0) is 27.7 Å². The Balaban J connectivity index is 0. The van der Waals surface area contributed by atoms with E-state index in [9.17, 15) is 16.8 Å². The zero-order valence-corrected chi connectivity index (χ0v) is 10.3. The maximum absolute atomic E-state index is 9.83. The van der Waals surface area contributed by atoms with Gasteiger partial charge < -0.3 is 4.48 Å². The third-order valence-electron chi connectivity index (χ3n) is 2.68. The summed E-state index contributed by atoms with van der Waals surface area (Å²) in [5, 5.41) is 0. The van der Waals surface area contributed by atoms with Gasteiger partial charge in [0.15, 0.2) is 0 Å². The third kappa shape index (κ3) is 10.2. The summed E-state index contributed by atoms with van der Waals surface area (Å²) in [6, 6.07) is 0. The molecule has 91 valence electrons. The molecule has 0 aliphatic carbocycles. The molecule has 0 bridgehead atoms. The van der Waals surface area contributed by atoms with Crippen molar-refractivity contribution in [3.8, 4) is 0 Å². The molecule has 0 saturated heterocycles. The van der Waals surface area contributed by atoms with E-state index in [1.807, 2.05) is 0 Å². The van der Waals surface area contributed by atoms with Gasteiger partial charge >= 0.3 is 25.3 Å². The molecule has 0 unspecified atom stereocenters. The van der Waals surface area contributed by atoms with Gasteiger partial charge in [-0.25, -0.2) is 0 Å². The minimum atomic E-state index is -6.61. The van der Waals surface area contributed by atoms with Crippen molar-refractivity contribution in [2.24, 2.45) is 0 Å². The Morgan fingerprint density at radius 2 is 0.857 bits per heavy atom. The van der Waals surface area contributed by atoms with Gasteiger partial charge in [-0.1, -0.05) is 0 Å². The predicted molar refractivity (Wildman–Crippen MR) is 55.2 cm³/mol. The molecule has 0 aromatic carbocycles. The van der Waals surface area contributed by atoms with Gasteiger partial charge in [-0.15, -0.1) is 0 Å². The molecular weight excluding hydrogens is 217 g/mol. The van der Waals surface area contributed by atoms with Crippen molar-refractivity contribution in [3.63, 3.8) is 0 Å². The summed E-state index contributed by atoms with van der Waals surface area (Å²) in [5.41, 5.74) is 0. The monoisotopic (exact) mass is 238 g/mol. The molecule has 0 aromatic heterocycles. The second kappa shape index (κ2) is 7.41. The molecule has 14 heavy (non-hydrogen) atoms. The van der Waals surface area contributed by atoms with Gasteiger partial charge in [-0.3, -0.25) is 0 Å². The van der Waals surface area contributed by atoms with E-state index in [1.54, 1.807) is 0 Å². The van der Waals surface area contributed by atoms with E-state index >= 15 is 0 Å². The van der Waals surface area contributed by atoms with Crippen LogP contribution in [0.4, 0.5) is 16.8 Å². The van der Waals surface area contributed by atoms with Crippen molar-refractivity contribution in [2.45, 2.75) is 27.7 Å². The summed E-state index contributed by atoms with van der Waals surface area (Å²) in [6.07, 6.45) is 0. The van der Waals surface area contributed by atoms with Crippen LogP contribution in [0, 0.1) is 0 Å². The van der Waals surface area contributed by atoms with Crippen LogP contribution in [0.3, 0.4) is 0 Å². The molecule has 0 radical (unpaired) electrons. The van der Waals surface area contributed by atoms with E-state index in [-0.39, 0.29) is 0 Å². The molecule has 1 nitrogen and oxygen atoms in total. The molecule has 0 amide bonds. The zero-order chi connectivity index (χ0) is 11.8. The molecule has 0 spiro atoms. The molecule has 0 aromatic rings. The SMILES string of the molecule is CC[N+](CC)(CC)CC.F[PH-](F)(F)F. The van der Waals surface area contributed by atoms with E-state index in [4.69, 9.17) is 0 Å². The predicted octanol–water partition coefficient (Wildman–Crippen LogP) is 4.16. The summed E-state index contributed by atoms with van der Waals surface area (Å²) in [7, 11) is -6.61. The molecule has 0 atom stereocenters. The Bertz CT molecular complexity index is 110. The number of halogens is 4. The Labute approximate surface area is 84.5 Å². The summed E-state index contributed by atoms with van der Waals surface area (Å²) in [4.78, 5) is 0. The van der Waals surface area contributed by atoms with E-state index < -0.39 is 8.51 Å². The fourth-order valence-corrected chi connectivity index (χ4v) is 1.34. The second-order valence-corrected chi connectivity index (χ2v) is 3.89. The van der Waals surface area contributed by atoms with Crippen molar-refractivity contribution in [2.75, 3.05) is 26.2 Å². The topological polar surface area (TPSA) is 0 Å². The van der Waals surface area contributed by atoms with Crippen LogP contribution in [-0.2, 0) is 0 Å². The van der Waals surface area contributed by atoms with Crippen LogP contribution in [0.2, 0.25) is 0 Å². The van der Waals surface area contributed by atoms with E-state index in [1.165, 1.54) is 30.7 Å². The number of hydrogen-bond donors (Lipinski definition) is 0. The van der Waals surface area contributed by atoms with Gasteiger partial charge in [0.1, 0.15) is 0 Å². The van der Waals surface area contributed by atoms with Crippen LogP contribution in [-0.4, -0.2) is 30.7 Å². The molecule has 0 rings (SSSR count). The van der Waals surface area contributed by atoms with E-state index in [2.05, 4.69) is 27.7 Å². The summed E-state index contributed by atoms with van der Waals surface area (Å²) < 4.78 is 40.6. The number of quaternary nitrogens is 1. The van der Waals surface area contributed by atoms with Crippen molar-refractivity contribution in [1.82, 2.24) is 0 Å². The summed E-state index contributed by atoms with van der Waals surface area (Å²) in [6.45, 7) is 14.2. The summed E-state index contributed by atoms with van der Waals surface area (Å²) >= 11 is 0. The van der Waals surface area contributed by atoms with Gasteiger partial charge in [0.2, 0.25) is 0 Å². The van der Waals surface area contributed by atoms with Crippen LogP contribution < -0.4 is 0 Å². The zero-order valence-electron chi connectivity index (χ0n) is 9.29. The van der Waals surface area contributed by atoms with Gasteiger partial charge in [0.05, 0.1) is 26.2 Å². The molecule has 6 heteroatoms. The van der Waals surface area contributed by atoms with Crippen LogP contribution in [0.5, 0.6) is 0 Å². The number of hydrogen-bond acceptors (Lipinski definition) is 0. The minimum absolute atomic E-state index is 1.28. The fraction of sp³-hybridized carbons (Fsp3) is 1.00. The van der Waals surface area contributed by atoms with Crippen molar-refractivity contribution >= 4 is 8.51 Å². The van der Waals surface area contributed by atoms with Crippen molar-refractivity contribution in [1.29, 1.82) is 0 Å². The first-order valence-corrected chi connectivity index (χ1v) is 6.36. The Hall–Kier alpha value is 0.110. The molecule has 0 aliphatic rings. The molecular formula is C8H21F4NP. The average Bonchev–Trinajstić information content (AvgIpc) is 2.07. The first-order chi connectivity index (χ1) is 6.24. The van der Waals surface area contributed by atoms with Crippen molar-refractivity contribution < 1.29 is 21.3 Å². The van der Waals surface area contributed by atoms with Crippen molar-refractivity contribution in [3.05, 3.63) is 0 Å². The quantitative estimate of drug-likeness (QED) is 0.392. The molecule has 0 heterocycles. The summed E-state index contributed by atoms with van der Waals surface area (Å²) in [5.74, 6) is 0. The average molecular weight is 238 g/mol. The number of nitrogens with zero attached hydrogens (tertiary/aromatic N) is 1. The Morgan fingerprint density at radius 3 is 0.857 bits per heavy atom. The normalized spacial score (nSPS) is 13.1. The first kappa shape index (κ1) is 16.5. The van der Waals surface area contributed by atoms with Crippen LogP contribution in [0.1, 0.15) is 27.7 Å². The van der Waals surface area contributed by atoms with Crippen LogP contribution >= 0.6 is 8.51 Å². The molecule has 0 fully saturated rings. The third-order valence-corrected chi connectivity index (χ3v) is 2.68. The second-order valence-electron chi connectivity index (χ2n) is 3.04. The fourth-order valence-electron chi connectivity index (χ4n) is 1.34. The van der Waals surface area contributed by atoms with E-state index in [0.717, 1.165) is 0 Å². The standard InChI is InChI=1S/C8H20N.F4HP/c1-5-9(6-2,7-3)8-4;1-5(2,3)4/h5-8H2,1-4H3;5H/q+1;-1. The van der Waals surface area contributed by atoms with Gasteiger partial charge in [-0.2, -0.15) is 0 Å². The van der Waals surface area contributed by atoms with Gasteiger partial charge in [0, 0.05) is 0 Å². The Morgan fingerprint density at radius 1 is 0.714 bits per heavy atom. The molecule has 0 saturated carbocycles. The molecule has 0 aliphatic heterocycles. The number of rotatable bonds is 4. The molecule has 0 N–H and O–H groups in total. The maximum atomic E-state index is 9.83.